The van der Waals surface area contributed by atoms with Gasteiger partial charge in [0.15, 0.2) is 6.61 Å². The minimum atomic E-state index is -0.604. The van der Waals surface area contributed by atoms with Crippen molar-refractivity contribution in [2.24, 2.45) is 5.41 Å². The van der Waals surface area contributed by atoms with Crippen molar-refractivity contribution in [1.29, 1.82) is 0 Å². The van der Waals surface area contributed by atoms with Gasteiger partial charge in [0, 0.05) is 19.6 Å². The molecular weight excluding hydrogens is 368 g/mol. The number of carbonyl (C=O) groups excluding carboxylic acids is 2. The summed E-state index contributed by atoms with van der Waals surface area (Å²) >= 11 is 0. The number of nitrogens with zero attached hydrogens (tertiary/aromatic N) is 1. The van der Waals surface area contributed by atoms with E-state index in [4.69, 9.17) is 9.47 Å². The van der Waals surface area contributed by atoms with Gasteiger partial charge in [-0.25, -0.2) is 0 Å². The third-order valence-electron chi connectivity index (χ3n) is 5.31. The molecular formula is C23H28N2O4. The van der Waals surface area contributed by atoms with Crippen LogP contribution in [0.25, 0.3) is 0 Å². The number of carbonyl (C=O) groups is 2. The molecule has 1 heterocycles. The molecule has 1 aliphatic rings. The summed E-state index contributed by atoms with van der Waals surface area (Å²) in [6.45, 7) is 3.40. The molecule has 0 radical (unpaired) electrons. The van der Waals surface area contributed by atoms with Crippen molar-refractivity contribution in [3.8, 4) is 11.5 Å². The van der Waals surface area contributed by atoms with E-state index in [9.17, 15) is 9.59 Å². The molecule has 3 rings (SSSR count). The molecule has 0 spiro atoms. The van der Waals surface area contributed by atoms with Crippen molar-refractivity contribution in [3.05, 3.63) is 60.2 Å². The fraction of sp³-hybridized carbons (Fsp3) is 0.391. The smallest absolute Gasteiger partial charge is 0.260 e. The van der Waals surface area contributed by atoms with Crippen molar-refractivity contribution in [2.75, 3.05) is 26.8 Å². The van der Waals surface area contributed by atoms with Crippen LogP contribution < -0.4 is 14.8 Å². The minimum Gasteiger partial charge on any atom is -0.497 e. The molecule has 1 saturated heterocycles. The third kappa shape index (κ3) is 5.50. The molecule has 2 aromatic carbocycles. The van der Waals surface area contributed by atoms with E-state index in [1.807, 2.05) is 61.5 Å². The largest absolute Gasteiger partial charge is 0.497 e. The Kier molecular flexibility index (Phi) is 6.75. The predicted octanol–water partition coefficient (Wildman–Crippen LogP) is 3.02. The summed E-state index contributed by atoms with van der Waals surface area (Å²) in [5.41, 5.74) is 0.399. The van der Waals surface area contributed by atoms with E-state index in [2.05, 4.69) is 5.32 Å². The van der Waals surface area contributed by atoms with Gasteiger partial charge in [0.1, 0.15) is 11.5 Å². The number of likely N-dealkylation sites (tertiary alicyclic amines) is 1. The van der Waals surface area contributed by atoms with Crippen LogP contribution in [0, 0.1) is 5.41 Å². The summed E-state index contributed by atoms with van der Waals surface area (Å²) in [5, 5.41) is 3.02. The number of nitrogens with one attached hydrogen (secondary N) is 1. The van der Waals surface area contributed by atoms with Gasteiger partial charge in [-0.3, -0.25) is 9.59 Å². The maximum Gasteiger partial charge on any atom is 0.260 e. The maximum absolute atomic E-state index is 12.9. The summed E-state index contributed by atoms with van der Waals surface area (Å²) < 4.78 is 10.7. The van der Waals surface area contributed by atoms with Crippen molar-refractivity contribution in [3.63, 3.8) is 0 Å². The zero-order valence-electron chi connectivity index (χ0n) is 17.0. The van der Waals surface area contributed by atoms with Crippen LogP contribution >= 0.6 is 0 Å². The molecule has 0 saturated carbocycles. The number of methoxy groups -OCH3 is 1. The molecule has 1 aliphatic heterocycles. The highest BCUT2D eigenvalue weighted by molar-refractivity contribution is 5.84. The lowest BCUT2D eigenvalue weighted by molar-refractivity contribution is -0.142. The van der Waals surface area contributed by atoms with Crippen LogP contribution in [0.1, 0.15) is 25.3 Å². The van der Waals surface area contributed by atoms with Crippen molar-refractivity contribution in [1.82, 2.24) is 10.2 Å². The van der Waals surface area contributed by atoms with Crippen LogP contribution in [-0.2, 0) is 16.1 Å². The third-order valence-corrected chi connectivity index (χ3v) is 5.31. The van der Waals surface area contributed by atoms with Crippen LogP contribution in [0.5, 0.6) is 11.5 Å². The Hall–Kier alpha value is -3.02. The summed E-state index contributed by atoms with van der Waals surface area (Å²) in [5.74, 6) is 1.32. The first-order valence-corrected chi connectivity index (χ1v) is 9.87. The average Bonchev–Trinajstić information content (AvgIpc) is 2.76. The van der Waals surface area contributed by atoms with Gasteiger partial charge in [-0.05, 0) is 49.6 Å². The van der Waals surface area contributed by atoms with E-state index in [-0.39, 0.29) is 18.4 Å². The molecule has 2 aromatic rings. The molecule has 0 bridgehead atoms. The molecule has 154 valence electrons. The Morgan fingerprint density at radius 3 is 2.48 bits per heavy atom. The molecule has 0 aromatic heterocycles. The van der Waals surface area contributed by atoms with E-state index in [0.29, 0.717) is 25.4 Å². The lowest BCUT2D eigenvalue weighted by Crippen LogP contribution is -2.52. The molecule has 29 heavy (non-hydrogen) atoms. The molecule has 1 N–H and O–H groups in total. The Labute approximate surface area is 171 Å². The van der Waals surface area contributed by atoms with Gasteiger partial charge in [0.25, 0.3) is 5.91 Å². The van der Waals surface area contributed by atoms with Gasteiger partial charge in [-0.1, -0.05) is 30.3 Å². The van der Waals surface area contributed by atoms with Crippen LogP contribution in [0.3, 0.4) is 0 Å². The van der Waals surface area contributed by atoms with Crippen LogP contribution in [0.2, 0.25) is 0 Å². The summed E-state index contributed by atoms with van der Waals surface area (Å²) in [6.07, 6.45) is 1.55. The highest BCUT2D eigenvalue weighted by Crippen LogP contribution is 2.30. The van der Waals surface area contributed by atoms with Gasteiger partial charge in [0.2, 0.25) is 5.91 Å². The van der Waals surface area contributed by atoms with Crippen molar-refractivity contribution < 1.29 is 19.1 Å². The zero-order chi connectivity index (χ0) is 20.7. The van der Waals surface area contributed by atoms with E-state index >= 15 is 0 Å². The normalized spacial score (nSPS) is 18.8. The van der Waals surface area contributed by atoms with Crippen molar-refractivity contribution in [2.45, 2.75) is 26.3 Å². The second-order valence-corrected chi connectivity index (χ2v) is 7.61. The second-order valence-electron chi connectivity index (χ2n) is 7.61. The number of rotatable bonds is 7. The van der Waals surface area contributed by atoms with Crippen LogP contribution in [-0.4, -0.2) is 43.5 Å². The second kappa shape index (κ2) is 9.45. The molecule has 6 nitrogen and oxygen atoms in total. The van der Waals surface area contributed by atoms with E-state index in [1.165, 1.54) is 0 Å². The van der Waals surface area contributed by atoms with Crippen molar-refractivity contribution >= 4 is 11.8 Å². The molecule has 0 aliphatic carbocycles. The topological polar surface area (TPSA) is 67.9 Å². The number of piperidine rings is 1. The maximum atomic E-state index is 12.9. The Morgan fingerprint density at radius 2 is 1.79 bits per heavy atom. The molecule has 6 heteroatoms. The lowest BCUT2D eigenvalue weighted by atomic mass is 9.81. The van der Waals surface area contributed by atoms with Gasteiger partial charge in [0.05, 0.1) is 12.5 Å². The fourth-order valence-electron chi connectivity index (χ4n) is 3.53. The first kappa shape index (κ1) is 20.7. The SMILES string of the molecule is COc1ccc(CNC(=O)C2(C)CCCN(C(=O)COc3ccccc3)C2)cc1. The highest BCUT2D eigenvalue weighted by atomic mass is 16.5. The van der Waals surface area contributed by atoms with Gasteiger partial charge >= 0.3 is 0 Å². The highest BCUT2D eigenvalue weighted by Gasteiger charge is 2.39. The quantitative estimate of drug-likeness (QED) is 0.781. The number of benzene rings is 2. The molecule has 2 amide bonds. The molecule has 1 atom stereocenters. The first-order chi connectivity index (χ1) is 14.0. The van der Waals surface area contributed by atoms with Crippen LogP contribution in [0.15, 0.2) is 54.6 Å². The standard InChI is InChI=1S/C23H28N2O4/c1-23(22(27)24-15-18-9-11-19(28-2)12-10-18)13-6-14-25(17-23)21(26)16-29-20-7-4-3-5-8-20/h3-5,7-12H,6,13-17H2,1-2H3,(H,24,27). The first-order valence-electron chi connectivity index (χ1n) is 9.87. The monoisotopic (exact) mass is 396 g/mol. The van der Waals surface area contributed by atoms with Crippen LogP contribution in [0.4, 0.5) is 0 Å². The number of hydrogen-bond acceptors (Lipinski definition) is 4. The number of para-hydroxylation sites is 1. The van der Waals surface area contributed by atoms with Gasteiger partial charge in [-0.2, -0.15) is 0 Å². The van der Waals surface area contributed by atoms with Gasteiger partial charge < -0.3 is 19.7 Å². The summed E-state index contributed by atoms with van der Waals surface area (Å²) in [7, 11) is 1.62. The summed E-state index contributed by atoms with van der Waals surface area (Å²) in [6, 6.07) is 16.9. The predicted molar refractivity (Wildman–Crippen MR) is 111 cm³/mol. The Morgan fingerprint density at radius 1 is 1.07 bits per heavy atom. The fourth-order valence-corrected chi connectivity index (χ4v) is 3.53. The van der Waals surface area contributed by atoms with E-state index < -0.39 is 5.41 Å². The Balaban J connectivity index is 1.52. The molecule has 1 fully saturated rings. The van der Waals surface area contributed by atoms with E-state index in [1.54, 1.807) is 12.0 Å². The lowest BCUT2D eigenvalue weighted by Gasteiger charge is -2.39. The number of ether oxygens (including phenoxy) is 2. The Bertz CT molecular complexity index is 823. The molecule has 1 unspecified atom stereocenters. The van der Waals surface area contributed by atoms with E-state index in [0.717, 1.165) is 24.2 Å². The number of hydrogen-bond donors (Lipinski definition) is 1. The number of amides is 2. The minimum absolute atomic E-state index is 0.0203. The zero-order valence-corrected chi connectivity index (χ0v) is 17.0. The van der Waals surface area contributed by atoms with Gasteiger partial charge in [-0.15, -0.1) is 0 Å². The summed E-state index contributed by atoms with van der Waals surface area (Å²) in [4.78, 5) is 27.2. The average molecular weight is 396 g/mol.